The van der Waals surface area contributed by atoms with Gasteiger partial charge in [-0.1, -0.05) is 30.7 Å². The van der Waals surface area contributed by atoms with E-state index in [9.17, 15) is 22.4 Å². The van der Waals surface area contributed by atoms with Gasteiger partial charge < -0.3 is 26.0 Å². The van der Waals surface area contributed by atoms with E-state index in [1.807, 2.05) is 0 Å². The lowest BCUT2D eigenvalue weighted by Gasteiger charge is -2.27. The molecule has 12 heteroatoms. The van der Waals surface area contributed by atoms with Crippen molar-refractivity contribution < 1.29 is 36.9 Å². The molecule has 1 fully saturated rings. The summed E-state index contributed by atoms with van der Waals surface area (Å²) in [6.45, 7) is 0. The summed E-state index contributed by atoms with van der Waals surface area (Å²) < 4.78 is 68.0. The quantitative estimate of drug-likeness (QED) is 0.310. The molecule has 1 aliphatic carbocycles. The van der Waals surface area contributed by atoms with E-state index in [0.29, 0.717) is 24.0 Å². The van der Waals surface area contributed by atoms with Crippen LogP contribution in [0.3, 0.4) is 0 Å². The van der Waals surface area contributed by atoms with E-state index in [2.05, 4.69) is 9.97 Å². The molecule has 1 unspecified atom stereocenters. The van der Waals surface area contributed by atoms with Crippen LogP contribution in [0.4, 0.5) is 23.5 Å². The third-order valence-corrected chi connectivity index (χ3v) is 6.38. The number of hydrogen-bond acceptors (Lipinski definition) is 7. The van der Waals surface area contributed by atoms with Crippen LogP contribution in [0.2, 0.25) is 0 Å². The molecule has 1 aliphatic rings. The van der Waals surface area contributed by atoms with Crippen molar-refractivity contribution in [3.05, 3.63) is 65.5 Å². The smallest absolute Gasteiger partial charge is 0.429 e. The van der Waals surface area contributed by atoms with Crippen LogP contribution in [-0.4, -0.2) is 39.4 Å². The second-order valence-corrected chi connectivity index (χ2v) is 9.39. The summed E-state index contributed by atoms with van der Waals surface area (Å²) >= 11 is 0. The summed E-state index contributed by atoms with van der Waals surface area (Å²) in [7, 11) is 0. The minimum absolute atomic E-state index is 0.0894. The Labute approximate surface area is 222 Å². The molecule has 0 bridgehead atoms. The minimum atomic E-state index is -4.90. The van der Waals surface area contributed by atoms with Crippen LogP contribution in [0, 0.1) is 5.82 Å². The van der Waals surface area contributed by atoms with Crippen molar-refractivity contribution in [3.63, 3.8) is 0 Å². The molecule has 0 saturated heterocycles. The number of nitrogens with two attached hydrogens (primary N) is 2. The standard InChI is InChI=1S/C27H28F4N4O4/c28-17-10-11-19(22(13-17)38-18-4-2-1-3-5-18)24(27(29,30)31)39-23-14-21(34-26(33)35-23)16-8-6-15(7-9-16)12-20(32)25(36)37/h6-11,13-14,18,20,24H,1-5,12,32H2,(H,36,37)(H2,33,34,35)/t20-,24?/m0/s1. The maximum absolute atomic E-state index is 14.3. The molecule has 1 saturated carbocycles. The highest BCUT2D eigenvalue weighted by Gasteiger charge is 2.45. The van der Waals surface area contributed by atoms with E-state index >= 15 is 0 Å². The average Bonchev–Trinajstić information content (AvgIpc) is 2.88. The van der Waals surface area contributed by atoms with Gasteiger partial charge in [0.1, 0.15) is 17.6 Å². The number of carboxylic acid groups (broad SMARTS) is 1. The van der Waals surface area contributed by atoms with Crippen molar-refractivity contribution in [1.29, 1.82) is 0 Å². The zero-order chi connectivity index (χ0) is 28.2. The number of alkyl halides is 3. The molecule has 1 heterocycles. The summed E-state index contributed by atoms with van der Waals surface area (Å²) in [6, 6.07) is 9.44. The Morgan fingerprint density at radius 3 is 2.38 bits per heavy atom. The van der Waals surface area contributed by atoms with Crippen LogP contribution in [-0.2, 0) is 11.2 Å². The normalized spacial score (nSPS) is 15.9. The zero-order valence-corrected chi connectivity index (χ0v) is 20.8. The number of anilines is 1. The second kappa shape index (κ2) is 11.9. The Hall–Kier alpha value is -3.93. The van der Waals surface area contributed by atoms with Crippen LogP contribution >= 0.6 is 0 Å². The Morgan fingerprint density at radius 2 is 1.74 bits per heavy atom. The summed E-state index contributed by atoms with van der Waals surface area (Å²) in [5.41, 5.74) is 12.3. The van der Waals surface area contributed by atoms with Crippen molar-refractivity contribution in [1.82, 2.24) is 9.97 Å². The average molecular weight is 549 g/mol. The predicted octanol–water partition coefficient (Wildman–Crippen LogP) is 5.21. The molecular weight excluding hydrogens is 520 g/mol. The maximum atomic E-state index is 14.3. The van der Waals surface area contributed by atoms with Crippen LogP contribution in [0.5, 0.6) is 11.6 Å². The Balaban J connectivity index is 1.62. The lowest BCUT2D eigenvalue weighted by atomic mass is 9.97. The fourth-order valence-electron chi connectivity index (χ4n) is 4.42. The number of aromatic nitrogens is 2. The van der Waals surface area contributed by atoms with Crippen molar-refractivity contribution in [2.75, 3.05) is 5.73 Å². The van der Waals surface area contributed by atoms with Crippen molar-refractivity contribution in [3.8, 4) is 22.9 Å². The van der Waals surface area contributed by atoms with Gasteiger partial charge in [0, 0.05) is 23.3 Å². The van der Waals surface area contributed by atoms with Crippen LogP contribution in [0.15, 0.2) is 48.5 Å². The second-order valence-electron chi connectivity index (χ2n) is 9.39. The van der Waals surface area contributed by atoms with Gasteiger partial charge in [-0.2, -0.15) is 18.2 Å². The van der Waals surface area contributed by atoms with Crippen LogP contribution < -0.4 is 20.9 Å². The molecule has 0 aliphatic heterocycles. The first kappa shape index (κ1) is 28.1. The molecule has 0 amide bonds. The summed E-state index contributed by atoms with van der Waals surface area (Å²) in [5.74, 6) is -2.87. The molecule has 0 spiro atoms. The molecule has 0 radical (unpaired) electrons. The molecule has 5 N–H and O–H groups in total. The fourth-order valence-corrected chi connectivity index (χ4v) is 4.42. The van der Waals surface area contributed by atoms with E-state index in [4.69, 9.17) is 26.0 Å². The van der Waals surface area contributed by atoms with E-state index in [0.717, 1.165) is 37.5 Å². The molecule has 39 heavy (non-hydrogen) atoms. The van der Waals surface area contributed by atoms with Gasteiger partial charge in [-0.3, -0.25) is 4.79 Å². The number of hydrogen-bond donors (Lipinski definition) is 3. The van der Waals surface area contributed by atoms with Crippen LogP contribution in [0.25, 0.3) is 11.3 Å². The Bertz CT molecular complexity index is 1300. The first-order chi connectivity index (χ1) is 18.5. The number of carboxylic acids is 1. The number of carbonyl (C=O) groups is 1. The fraction of sp³-hybridized carbons (Fsp3) is 0.370. The van der Waals surface area contributed by atoms with Crippen LogP contribution in [0.1, 0.15) is 49.3 Å². The number of benzene rings is 2. The SMILES string of the molecule is Nc1nc(OC(c2ccc(F)cc2OC2CCCCC2)C(F)(F)F)cc(-c2ccc(C[C@H](N)C(=O)O)cc2)n1. The molecule has 4 rings (SSSR count). The minimum Gasteiger partial charge on any atom is -0.490 e. The topological polar surface area (TPSA) is 134 Å². The van der Waals surface area contributed by atoms with E-state index in [1.54, 1.807) is 24.3 Å². The maximum Gasteiger partial charge on any atom is 0.429 e. The van der Waals surface area contributed by atoms with Gasteiger partial charge in [-0.15, -0.1) is 0 Å². The van der Waals surface area contributed by atoms with Gasteiger partial charge in [0.15, 0.2) is 0 Å². The summed E-state index contributed by atoms with van der Waals surface area (Å²) in [4.78, 5) is 18.9. The Kier molecular flexibility index (Phi) is 8.54. The number of nitrogen functional groups attached to an aromatic ring is 1. The first-order valence-electron chi connectivity index (χ1n) is 12.4. The van der Waals surface area contributed by atoms with Crippen molar-refractivity contribution in [2.45, 2.75) is 63.0 Å². The number of halogens is 4. The molecule has 2 aromatic carbocycles. The molecule has 1 aromatic heterocycles. The zero-order valence-electron chi connectivity index (χ0n) is 20.8. The predicted molar refractivity (Wildman–Crippen MR) is 135 cm³/mol. The number of aliphatic carboxylic acids is 1. The molecule has 3 aromatic rings. The Morgan fingerprint density at radius 1 is 1.05 bits per heavy atom. The molecule has 8 nitrogen and oxygen atoms in total. The van der Waals surface area contributed by atoms with E-state index in [1.165, 1.54) is 6.07 Å². The number of rotatable bonds is 9. The van der Waals surface area contributed by atoms with Gasteiger partial charge in [0.25, 0.3) is 0 Å². The van der Waals surface area contributed by atoms with Gasteiger partial charge in [-0.25, -0.2) is 9.37 Å². The highest BCUT2D eigenvalue weighted by Crippen LogP contribution is 2.42. The van der Waals surface area contributed by atoms with Gasteiger partial charge >= 0.3 is 12.1 Å². The molecular formula is C27H28F4N4O4. The highest BCUT2D eigenvalue weighted by molar-refractivity contribution is 5.73. The highest BCUT2D eigenvalue weighted by atomic mass is 19.4. The van der Waals surface area contributed by atoms with Crippen molar-refractivity contribution >= 4 is 11.9 Å². The first-order valence-corrected chi connectivity index (χ1v) is 12.4. The van der Waals surface area contributed by atoms with E-state index < -0.39 is 36.0 Å². The molecule has 2 atom stereocenters. The monoisotopic (exact) mass is 548 g/mol. The van der Waals surface area contributed by atoms with Gasteiger partial charge in [-0.05, 0) is 49.8 Å². The summed E-state index contributed by atoms with van der Waals surface area (Å²) in [6.07, 6.45) is -3.53. The van der Waals surface area contributed by atoms with E-state index in [-0.39, 0.29) is 35.5 Å². The number of nitrogens with zero attached hydrogens (tertiary/aromatic N) is 2. The molecule has 208 valence electrons. The van der Waals surface area contributed by atoms with Crippen molar-refractivity contribution in [2.24, 2.45) is 5.73 Å². The lowest BCUT2D eigenvalue weighted by molar-refractivity contribution is -0.199. The summed E-state index contributed by atoms with van der Waals surface area (Å²) in [5, 5.41) is 8.98. The third kappa shape index (κ3) is 7.34. The largest absolute Gasteiger partial charge is 0.490 e. The van der Waals surface area contributed by atoms with Gasteiger partial charge in [0.2, 0.25) is 17.9 Å². The number of ether oxygens (including phenoxy) is 2. The third-order valence-electron chi connectivity index (χ3n) is 6.38. The van der Waals surface area contributed by atoms with Gasteiger partial charge in [0.05, 0.1) is 11.8 Å². The lowest BCUT2D eigenvalue weighted by Crippen LogP contribution is -2.32.